The molecule has 2 aromatic carbocycles. The summed E-state index contributed by atoms with van der Waals surface area (Å²) in [5.41, 5.74) is 1.21. The number of rotatable bonds is 5. The van der Waals surface area contributed by atoms with E-state index >= 15 is 0 Å². The predicted molar refractivity (Wildman–Crippen MR) is 106 cm³/mol. The molecular weight excluding hydrogens is 378 g/mol. The molecule has 0 radical (unpaired) electrons. The van der Waals surface area contributed by atoms with Crippen molar-refractivity contribution in [2.24, 2.45) is 0 Å². The Morgan fingerprint density at radius 3 is 2.44 bits per heavy atom. The highest BCUT2D eigenvalue weighted by Crippen LogP contribution is 2.32. The summed E-state index contributed by atoms with van der Waals surface area (Å²) in [6.07, 6.45) is 2.54. The average Bonchev–Trinajstić information content (AvgIpc) is 3.18. The van der Waals surface area contributed by atoms with E-state index in [1.807, 2.05) is 24.3 Å². The summed E-state index contributed by atoms with van der Waals surface area (Å²) in [5.74, 6) is 0.110. The van der Waals surface area contributed by atoms with Crippen molar-refractivity contribution in [2.75, 3.05) is 13.1 Å². The van der Waals surface area contributed by atoms with Gasteiger partial charge >= 0.3 is 0 Å². The molecule has 5 nitrogen and oxygen atoms in total. The van der Waals surface area contributed by atoms with E-state index in [-0.39, 0.29) is 5.92 Å². The Hall–Kier alpha value is -2.09. The minimum atomic E-state index is -3.45. The Balaban J connectivity index is 1.49. The summed E-state index contributed by atoms with van der Waals surface area (Å²) >= 11 is 1.60. The third-order valence-corrected chi connectivity index (χ3v) is 7.76. The van der Waals surface area contributed by atoms with Gasteiger partial charge in [-0.2, -0.15) is 4.31 Å². The Morgan fingerprint density at radius 1 is 1.00 bits per heavy atom. The third-order valence-electron chi connectivity index (χ3n) is 4.79. The molecule has 4 rings (SSSR count). The maximum absolute atomic E-state index is 12.9. The maximum atomic E-state index is 12.9. The van der Waals surface area contributed by atoms with Crippen LogP contribution >= 0.6 is 11.3 Å². The number of aromatic nitrogens is 2. The van der Waals surface area contributed by atoms with Gasteiger partial charge in [0.25, 0.3) is 0 Å². The molecule has 0 spiro atoms. The maximum Gasteiger partial charge on any atom is 0.243 e. The molecule has 1 atom stereocenters. The van der Waals surface area contributed by atoms with E-state index in [0.717, 1.165) is 29.3 Å². The van der Waals surface area contributed by atoms with Crippen LogP contribution in [-0.2, 0) is 16.4 Å². The molecule has 27 heavy (non-hydrogen) atoms. The van der Waals surface area contributed by atoms with E-state index in [9.17, 15) is 8.42 Å². The molecule has 0 saturated carbocycles. The van der Waals surface area contributed by atoms with Gasteiger partial charge in [-0.15, -0.1) is 21.5 Å². The van der Waals surface area contributed by atoms with Crippen molar-refractivity contribution in [1.29, 1.82) is 0 Å². The van der Waals surface area contributed by atoms with Crippen molar-refractivity contribution in [3.8, 4) is 0 Å². The molecule has 1 aliphatic heterocycles. The highest BCUT2D eigenvalue weighted by Gasteiger charge is 2.32. The highest BCUT2D eigenvalue weighted by atomic mass is 32.2. The van der Waals surface area contributed by atoms with Crippen LogP contribution in [0.25, 0.3) is 0 Å². The zero-order valence-electron chi connectivity index (χ0n) is 14.9. The quantitative estimate of drug-likeness (QED) is 0.656. The van der Waals surface area contributed by atoms with Gasteiger partial charge in [0.1, 0.15) is 10.0 Å². The second-order valence-corrected chi connectivity index (χ2v) is 9.74. The topological polar surface area (TPSA) is 63.2 Å². The first-order valence-electron chi connectivity index (χ1n) is 9.04. The largest absolute Gasteiger partial charge is 0.243 e. The van der Waals surface area contributed by atoms with Gasteiger partial charge in [-0.25, -0.2) is 8.42 Å². The third kappa shape index (κ3) is 4.10. The number of piperidine rings is 1. The van der Waals surface area contributed by atoms with Crippen LogP contribution in [0, 0.1) is 0 Å². The van der Waals surface area contributed by atoms with Crippen LogP contribution < -0.4 is 0 Å². The lowest BCUT2D eigenvalue weighted by Gasteiger charge is -2.30. The van der Waals surface area contributed by atoms with Crippen LogP contribution in [0.15, 0.2) is 65.6 Å². The van der Waals surface area contributed by atoms with Gasteiger partial charge in [-0.05, 0) is 30.5 Å². The van der Waals surface area contributed by atoms with E-state index in [2.05, 4.69) is 22.3 Å². The fourth-order valence-electron chi connectivity index (χ4n) is 3.38. The van der Waals surface area contributed by atoms with Crippen LogP contribution in [0.5, 0.6) is 0 Å². The molecule has 1 fully saturated rings. The second-order valence-electron chi connectivity index (χ2n) is 6.71. The van der Waals surface area contributed by atoms with E-state index in [4.69, 9.17) is 0 Å². The highest BCUT2D eigenvalue weighted by molar-refractivity contribution is 7.89. The van der Waals surface area contributed by atoms with Crippen LogP contribution in [0.2, 0.25) is 0 Å². The molecule has 0 unspecified atom stereocenters. The Kier molecular flexibility index (Phi) is 5.33. The van der Waals surface area contributed by atoms with Gasteiger partial charge in [0.05, 0.1) is 4.90 Å². The molecule has 2 heterocycles. The van der Waals surface area contributed by atoms with Crippen LogP contribution in [0.4, 0.5) is 0 Å². The first kappa shape index (κ1) is 18.3. The van der Waals surface area contributed by atoms with Crippen LogP contribution in [-0.4, -0.2) is 36.0 Å². The second kappa shape index (κ2) is 7.88. The molecule has 0 bridgehead atoms. The molecule has 0 amide bonds. The molecular formula is C20H21N3O2S2. The Morgan fingerprint density at radius 2 is 1.70 bits per heavy atom. The van der Waals surface area contributed by atoms with Crippen molar-refractivity contribution in [2.45, 2.75) is 30.1 Å². The average molecular weight is 400 g/mol. The van der Waals surface area contributed by atoms with Gasteiger partial charge in [0.2, 0.25) is 10.0 Å². The Labute approximate surface area is 163 Å². The summed E-state index contributed by atoms with van der Waals surface area (Å²) in [4.78, 5) is 0.354. The fourth-order valence-corrected chi connectivity index (χ4v) is 5.92. The van der Waals surface area contributed by atoms with Crippen molar-refractivity contribution >= 4 is 21.4 Å². The molecule has 1 aromatic heterocycles. The summed E-state index contributed by atoms with van der Waals surface area (Å²) in [6.45, 7) is 1.03. The van der Waals surface area contributed by atoms with E-state index < -0.39 is 10.0 Å². The number of nitrogens with zero attached hydrogens (tertiary/aromatic N) is 3. The lowest BCUT2D eigenvalue weighted by atomic mass is 10.0. The first-order valence-corrected chi connectivity index (χ1v) is 11.3. The molecule has 7 heteroatoms. The normalized spacial score (nSPS) is 18.4. The van der Waals surface area contributed by atoms with Gasteiger partial charge in [-0.1, -0.05) is 48.5 Å². The summed E-state index contributed by atoms with van der Waals surface area (Å²) < 4.78 is 27.4. The first-order chi connectivity index (χ1) is 13.1. The number of hydrogen-bond acceptors (Lipinski definition) is 5. The molecule has 3 aromatic rings. The van der Waals surface area contributed by atoms with E-state index in [0.29, 0.717) is 18.0 Å². The summed E-state index contributed by atoms with van der Waals surface area (Å²) in [5, 5.41) is 10.6. The molecule has 0 aliphatic carbocycles. The zero-order chi connectivity index (χ0) is 18.7. The lowest BCUT2D eigenvalue weighted by molar-refractivity contribution is 0.314. The standard InChI is InChI=1S/C20H21N3O2S2/c24-27(25,18-11-5-2-6-12-18)23-13-7-10-17(15-23)20-22-21-19(26-20)14-16-8-3-1-4-9-16/h1-6,8-9,11-12,17H,7,10,13-15H2/t17-/m0/s1. The van der Waals surface area contributed by atoms with Crippen molar-refractivity contribution in [3.05, 3.63) is 76.2 Å². The minimum Gasteiger partial charge on any atom is -0.207 e. The minimum absolute atomic E-state index is 0.110. The van der Waals surface area contributed by atoms with Crippen molar-refractivity contribution < 1.29 is 8.42 Å². The molecule has 1 saturated heterocycles. The zero-order valence-corrected chi connectivity index (χ0v) is 16.5. The van der Waals surface area contributed by atoms with Crippen molar-refractivity contribution in [1.82, 2.24) is 14.5 Å². The van der Waals surface area contributed by atoms with Crippen LogP contribution in [0.3, 0.4) is 0 Å². The van der Waals surface area contributed by atoms with Crippen molar-refractivity contribution in [3.63, 3.8) is 0 Å². The van der Waals surface area contributed by atoms with Gasteiger partial charge < -0.3 is 0 Å². The number of benzene rings is 2. The number of hydrogen-bond donors (Lipinski definition) is 0. The molecule has 0 N–H and O–H groups in total. The Bertz CT molecular complexity index is 988. The predicted octanol–water partition coefficient (Wildman–Crippen LogP) is 3.70. The van der Waals surface area contributed by atoms with Crippen LogP contribution in [0.1, 0.15) is 34.3 Å². The monoisotopic (exact) mass is 399 g/mol. The van der Waals surface area contributed by atoms with E-state index in [1.54, 1.807) is 39.9 Å². The fraction of sp³-hybridized carbons (Fsp3) is 0.300. The summed E-state index contributed by atoms with van der Waals surface area (Å²) in [6, 6.07) is 18.8. The van der Waals surface area contributed by atoms with Gasteiger partial charge in [0, 0.05) is 25.4 Å². The molecule has 140 valence electrons. The smallest absolute Gasteiger partial charge is 0.207 e. The summed E-state index contributed by atoms with van der Waals surface area (Å²) in [7, 11) is -3.45. The van der Waals surface area contributed by atoms with Gasteiger partial charge in [-0.3, -0.25) is 0 Å². The molecule has 1 aliphatic rings. The lowest BCUT2D eigenvalue weighted by Crippen LogP contribution is -2.39. The number of sulfonamides is 1. The van der Waals surface area contributed by atoms with E-state index in [1.165, 1.54) is 5.56 Å². The SMILES string of the molecule is O=S(=O)(c1ccccc1)N1CCC[C@H](c2nnc(Cc3ccccc3)s2)C1. The van der Waals surface area contributed by atoms with Gasteiger partial charge in [0.15, 0.2) is 0 Å².